The van der Waals surface area contributed by atoms with Gasteiger partial charge in [-0.2, -0.15) is 0 Å². The molecule has 0 aromatic heterocycles. The Kier molecular flexibility index (Phi) is 5.43. The first-order chi connectivity index (χ1) is 9.70. The summed E-state index contributed by atoms with van der Waals surface area (Å²) in [7, 11) is 0. The molecule has 1 aliphatic heterocycles. The normalized spacial score (nSPS) is 13.7. The molecule has 0 atom stereocenters. The van der Waals surface area contributed by atoms with Gasteiger partial charge in [0.05, 0.1) is 4.92 Å². The second-order valence-electron chi connectivity index (χ2n) is 4.76. The van der Waals surface area contributed by atoms with E-state index < -0.39 is 10.7 Å². The molecule has 0 bridgehead atoms. The minimum atomic E-state index is -1.42. The van der Waals surface area contributed by atoms with E-state index in [0.29, 0.717) is 6.61 Å². The van der Waals surface area contributed by atoms with Crippen LogP contribution in [0.1, 0.15) is 20.8 Å². The number of hydrogen-bond donors (Lipinski definition) is 1. The van der Waals surface area contributed by atoms with Crippen LogP contribution in [0.3, 0.4) is 0 Å². The van der Waals surface area contributed by atoms with Crippen LogP contribution in [0.15, 0.2) is 35.9 Å². The van der Waals surface area contributed by atoms with Crippen LogP contribution < -0.4 is 4.74 Å². The first-order valence-corrected chi connectivity index (χ1v) is 6.19. The van der Waals surface area contributed by atoms with Gasteiger partial charge in [-0.05, 0) is 19.1 Å². The molecule has 0 spiro atoms. The van der Waals surface area contributed by atoms with Crippen molar-refractivity contribution in [3.05, 3.63) is 46.0 Å². The summed E-state index contributed by atoms with van der Waals surface area (Å²) in [5.41, 5.74) is 0.564. The van der Waals surface area contributed by atoms with Gasteiger partial charge in [0, 0.05) is 25.5 Å². The Bertz CT molecular complexity index is 559. The number of ether oxygens (including phenoxy) is 2. The molecule has 0 fully saturated rings. The Morgan fingerprint density at radius 2 is 2.00 bits per heavy atom. The number of carbonyl (C=O) groups is 1. The maximum atomic E-state index is 10.6. The van der Waals surface area contributed by atoms with Crippen LogP contribution in [0.4, 0.5) is 5.69 Å². The van der Waals surface area contributed by atoms with Crippen molar-refractivity contribution in [2.24, 2.45) is 0 Å². The second kappa shape index (κ2) is 6.85. The average molecular weight is 295 g/mol. The number of rotatable bonds is 3. The smallest absolute Gasteiger partial charge is 0.333 e. The van der Waals surface area contributed by atoms with Gasteiger partial charge in [-0.25, -0.2) is 4.79 Å². The molecular formula is C14H17NO6. The summed E-state index contributed by atoms with van der Waals surface area (Å²) in [6.07, 6.45) is 1.77. The summed E-state index contributed by atoms with van der Waals surface area (Å²) in [5, 5.41) is 19.9. The molecule has 0 saturated carbocycles. The quantitative estimate of drug-likeness (QED) is 0.397. The van der Waals surface area contributed by atoms with Gasteiger partial charge in [-0.3, -0.25) is 10.1 Å². The SMILES string of the molecule is CC(C)(O)Oc1ccccc1[N+](=O)[O-].CC1=CCOC1=O. The van der Waals surface area contributed by atoms with Crippen molar-refractivity contribution in [2.45, 2.75) is 26.6 Å². The summed E-state index contributed by atoms with van der Waals surface area (Å²) in [6, 6.07) is 5.90. The third-order valence-electron chi connectivity index (χ3n) is 2.35. The van der Waals surface area contributed by atoms with Crippen LogP contribution in [-0.4, -0.2) is 28.4 Å². The van der Waals surface area contributed by atoms with E-state index in [9.17, 15) is 20.0 Å². The third-order valence-corrected chi connectivity index (χ3v) is 2.35. The standard InChI is InChI=1S/C9H11NO4.C5H6O2/c1-9(2,11)14-8-6-4-3-5-7(8)10(12)13;1-4-2-3-7-5(4)6/h3-6,11H,1-2H3;2H,3H2,1H3. The van der Waals surface area contributed by atoms with Crippen LogP contribution in [0.25, 0.3) is 0 Å². The predicted octanol–water partition coefficient (Wildman–Crippen LogP) is 2.19. The first kappa shape index (κ1) is 16.6. The van der Waals surface area contributed by atoms with E-state index in [1.165, 1.54) is 32.0 Å². The molecule has 114 valence electrons. The lowest BCUT2D eigenvalue weighted by atomic mass is 10.3. The lowest BCUT2D eigenvalue weighted by Gasteiger charge is -2.19. The number of nitro groups is 1. The van der Waals surface area contributed by atoms with Crippen LogP contribution in [-0.2, 0) is 9.53 Å². The number of para-hydroxylation sites is 2. The Balaban J connectivity index is 0.000000262. The zero-order valence-electron chi connectivity index (χ0n) is 12.0. The molecule has 0 saturated heterocycles. The summed E-state index contributed by atoms with van der Waals surface area (Å²) in [4.78, 5) is 20.3. The fraction of sp³-hybridized carbons (Fsp3) is 0.357. The van der Waals surface area contributed by atoms with E-state index in [4.69, 9.17) is 4.74 Å². The van der Waals surface area contributed by atoms with Crippen molar-refractivity contribution in [1.29, 1.82) is 0 Å². The Labute approximate surface area is 121 Å². The number of esters is 1. The van der Waals surface area contributed by atoms with Crippen molar-refractivity contribution in [3.63, 3.8) is 0 Å². The van der Waals surface area contributed by atoms with Gasteiger partial charge in [0.2, 0.25) is 5.79 Å². The van der Waals surface area contributed by atoms with Gasteiger partial charge in [-0.1, -0.05) is 12.1 Å². The van der Waals surface area contributed by atoms with Crippen molar-refractivity contribution in [2.75, 3.05) is 6.61 Å². The Morgan fingerprint density at radius 3 is 2.38 bits per heavy atom. The van der Waals surface area contributed by atoms with E-state index in [-0.39, 0.29) is 17.4 Å². The van der Waals surface area contributed by atoms with E-state index in [1.807, 2.05) is 0 Å². The van der Waals surface area contributed by atoms with E-state index in [1.54, 1.807) is 19.1 Å². The minimum absolute atomic E-state index is 0.0602. The monoisotopic (exact) mass is 295 g/mol. The van der Waals surface area contributed by atoms with Crippen LogP contribution in [0.2, 0.25) is 0 Å². The van der Waals surface area contributed by atoms with Gasteiger partial charge >= 0.3 is 11.7 Å². The topological polar surface area (TPSA) is 98.9 Å². The van der Waals surface area contributed by atoms with Gasteiger partial charge in [0.1, 0.15) is 6.61 Å². The van der Waals surface area contributed by atoms with Crippen LogP contribution in [0.5, 0.6) is 5.75 Å². The maximum Gasteiger partial charge on any atom is 0.333 e. The number of nitrogens with zero attached hydrogens (tertiary/aromatic N) is 1. The summed E-state index contributed by atoms with van der Waals surface area (Å²) < 4.78 is 9.54. The van der Waals surface area contributed by atoms with E-state index in [0.717, 1.165) is 5.57 Å². The molecule has 1 N–H and O–H groups in total. The highest BCUT2D eigenvalue weighted by Crippen LogP contribution is 2.28. The van der Waals surface area contributed by atoms with Gasteiger partial charge in [0.15, 0.2) is 5.75 Å². The molecule has 1 aromatic rings. The number of cyclic esters (lactones) is 1. The summed E-state index contributed by atoms with van der Waals surface area (Å²) in [5.74, 6) is -1.54. The zero-order valence-corrected chi connectivity index (χ0v) is 12.0. The first-order valence-electron chi connectivity index (χ1n) is 6.19. The maximum absolute atomic E-state index is 10.6. The highest BCUT2D eigenvalue weighted by Gasteiger charge is 2.21. The predicted molar refractivity (Wildman–Crippen MR) is 74.7 cm³/mol. The highest BCUT2D eigenvalue weighted by molar-refractivity contribution is 5.89. The number of nitro benzene ring substituents is 1. The molecule has 2 rings (SSSR count). The number of benzene rings is 1. The average Bonchev–Trinajstić information content (AvgIpc) is 2.73. The minimum Gasteiger partial charge on any atom is -0.458 e. The molecule has 7 heteroatoms. The molecular weight excluding hydrogens is 278 g/mol. The molecule has 7 nitrogen and oxygen atoms in total. The third kappa shape index (κ3) is 5.62. The van der Waals surface area contributed by atoms with E-state index in [2.05, 4.69) is 4.74 Å². The van der Waals surface area contributed by atoms with Gasteiger partial charge < -0.3 is 14.6 Å². The van der Waals surface area contributed by atoms with Crippen molar-refractivity contribution >= 4 is 11.7 Å². The lowest BCUT2D eigenvalue weighted by Crippen LogP contribution is -2.27. The second-order valence-corrected chi connectivity index (χ2v) is 4.76. The van der Waals surface area contributed by atoms with Crippen LogP contribution in [0, 0.1) is 10.1 Å². The Hall–Kier alpha value is -2.41. The number of hydrogen-bond acceptors (Lipinski definition) is 6. The van der Waals surface area contributed by atoms with E-state index >= 15 is 0 Å². The fourth-order valence-electron chi connectivity index (χ4n) is 1.40. The molecule has 1 heterocycles. The molecule has 1 aliphatic rings. The molecule has 0 unspecified atom stereocenters. The van der Waals surface area contributed by atoms with Gasteiger partial charge in [-0.15, -0.1) is 0 Å². The van der Waals surface area contributed by atoms with Crippen molar-refractivity contribution in [1.82, 2.24) is 0 Å². The number of carbonyl (C=O) groups excluding carboxylic acids is 1. The molecule has 1 aromatic carbocycles. The summed E-state index contributed by atoms with van der Waals surface area (Å²) in [6.45, 7) is 5.02. The fourth-order valence-corrected chi connectivity index (χ4v) is 1.40. The largest absolute Gasteiger partial charge is 0.458 e. The molecule has 21 heavy (non-hydrogen) atoms. The highest BCUT2D eigenvalue weighted by atomic mass is 16.6. The van der Waals surface area contributed by atoms with Crippen molar-refractivity contribution < 1.29 is 24.3 Å². The zero-order chi connectivity index (χ0) is 16.0. The molecule has 0 amide bonds. The van der Waals surface area contributed by atoms with Crippen molar-refractivity contribution in [3.8, 4) is 5.75 Å². The van der Waals surface area contributed by atoms with Crippen LogP contribution >= 0.6 is 0 Å². The molecule has 0 aliphatic carbocycles. The number of aliphatic hydroxyl groups is 1. The van der Waals surface area contributed by atoms with Gasteiger partial charge in [0.25, 0.3) is 0 Å². The summed E-state index contributed by atoms with van der Waals surface area (Å²) >= 11 is 0. The Morgan fingerprint density at radius 1 is 1.38 bits per heavy atom. The molecule has 0 radical (unpaired) electrons. The lowest BCUT2D eigenvalue weighted by molar-refractivity contribution is -0.386.